The van der Waals surface area contributed by atoms with Crippen molar-refractivity contribution in [1.29, 1.82) is 0 Å². The van der Waals surface area contributed by atoms with Gasteiger partial charge in [0.25, 0.3) is 0 Å². The summed E-state index contributed by atoms with van der Waals surface area (Å²) in [4.78, 5) is 14.2. The predicted molar refractivity (Wildman–Crippen MR) is 53.4 cm³/mol. The number of carboxylic acids is 1. The third kappa shape index (κ3) is 3.22. The van der Waals surface area contributed by atoms with Crippen molar-refractivity contribution in [2.24, 2.45) is 0 Å². The Morgan fingerprint density at radius 1 is 1.67 bits per heavy atom. The van der Waals surface area contributed by atoms with Crippen LogP contribution in [-0.2, 0) is 0 Å². The number of hydrogen-bond acceptors (Lipinski definition) is 2. The van der Waals surface area contributed by atoms with Gasteiger partial charge in [-0.05, 0) is 12.0 Å². The maximum Gasteiger partial charge on any atom is 0.338 e. The molecule has 1 heterocycles. The normalized spacial score (nSPS) is 9.20. The minimum absolute atomic E-state index is 0.221. The van der Waals surface area contributed by atoms with Crippen molar-refractivity contribution in [3.63, 3.8) is 0 Å². The number of halogens is 2. The van der Waals surface area contributed by atoms with Crippen LogP contribution in [0, 0.1) is 17.7 Å². The molecule has 1 aromatic rings. The lowest BCUT2D eigenvalue weighted by atomic mass is 10.2. The van der Waals surface area contributed by atoms with E-state index in [9.17, 15) is 9.18 Å². The summed E-state index contributed by atoms with van der Waals surface area (Å²) in [5.74, 6) is 3.45. The molecule has 5 heteroatoms. The molecule has 0 unspecified atom stereocenters. The lowest BCUT2D eigenvalue weighted by Gasteiger charge is -1.96. The SMILES string of the molecule is O=C(O)c1cc(C#CCCCl)ncc1F. The third-order valence-electron chi connectivity index (χ3n) is 1.52. The van der Waals surface area contributed by atoms with Gasteiger partial charge < -0.3 is 5.11 Å². The molecule has 0 fully saturated rings. The molecule has 0 aliphatic rings. The number of carboxylic acid groups (broad SMARTS) is 1. The molecule has 78 valence electrons. The van der Waals surface area contributed by atoms with Gasteiger partial charge in [0, 0.05) is 12.3 Å². The first kappa shape index (κ1) is 11.5. The van der Waals surface area contributed by atoms with Gasteiger partial charge >= 0.3 is 5.97 Å². The predicted octanol–water partition coefficient (Wildman–Crippen LogP) is 1.90. The Hall–Kier alpha value is -1.60. The maximum atomic E-state index is 12.9. The molecule has 0 atom stereocenters. The van der Waals surface area contributed by atoms with Gasteiger partial charge in [-0.1, -0.05) is 5.92 Å². The highest BCUT2D eigenvalue weighted by Gasteiger charge is 2.10. The van der Waals surface area contributed by atoms with E-state index < -0.39 is 17.3 Å². The number of alkyl halides is 1. The summed E-state index contributed by atoms with van der Waals surface area (Å²) in [5, 5.41) is 8.62. The Bertz CT molecular complexity index is 437. The number of rotatable bonds is 2. The van der Waals surface area contributed by atoms with Crippen molar-refractivity contribution >= 4 is 17.6 Å². The van der Waals surface area contributed by atoms with Crippen LogP contribution in [0.3, 0.4) is 0 Å². The molecule has 15 heavy (non-hydrogen) atoms. The van der Waals surface area contributed by atoms with Crippen molar-refractivity contribution in [2.75, 3.05) is 5.88 Å². The van der Waals surface area contributed by atoms with E-state index in [1.807, 2.05) is 0 Å². The molecule has 3 nitrogen and oxygen atoms in total. The lowest BCUT2D eigenvalue weighted by molar-refractivity contribution is 0.0691. The molecule has 0 spiro atoms. The van der Waals surface area contributed by atoms with Crippen molar-refractivity contribution in [3.8, 4) is 11.8 Å². The number of pyridine rings is 1. The van der Waals surface area contributed by atoms with Gasteiger partial charge in [0.15, 0.2) is 5.82 Å². The average Bonchev–Trinajstić information content (AvgIpc) is 2.20. The second kappa shape index (κ2) is 5.32. The van der Waals surface area contributed by atoms with Gasteiger partial charge in [-0.3, -0.25) is 0 Å². The van der Waals surface area contributed by atoms with E-state index in [0.29, 0.717) is 12.3 Å². The molecule has 0 saturated heterocycles. The van der Waals surface area contributed by atoms with E-state index in [4.69, 9.17) is 16.7 Å². The molecule has 0 aliphatic heterocycles. The van der Waals surface area contributed by atoms with E-state index >= 15 is 0 Å². The van der Waals surface area contributed by atoms with E-state index in [-0.39, 0.29) is 5.69 Å². The molecule has 1 N–H and O–H groups in total. The first-order valence-corrected chi connectivity index (χ1v) is 4.62. The molecule has 1 rings (SSSR count). The minimum atomic E-state index is -1.34. The van der Waals surface area contributed by atoms with Gasteiger partial charge in [0.2, 0.25) is 0 Å². The number of aromatic carboxylic acids is 1. The number of aromatic nitrogens is 1. The molecular formula is C10H7ClFNO2. The average molecular weight is 228 g/mol. The van der Waals surface area contributed by atoms with Crippen molar-refractivity contribution < 1.29 is 14.3 Å². The number of hydrogen-bond donors (Lipinski definition) is 1. The van der Waals surface area contributed by atoms with E-state index in [0.717, 1.165) is 12.3 Å². The molecular weight excluding hydrogens is 221 g/mol. The second-order valence-electron chi connectivity index (χ2n) is 2.60. The Kier molecular flexibility index (Phi) is 4.07. The van der Waals surface area contributed by atoms with Crippen LogP contribution in [0.5, 0.6) is 0 Å². The fourth-order valence-corrected chi connectivity index (χ4v) is 0.966. The van der Waals surface area contributed by atoms with Crippen molar-refractivity contribution in [1.82, 2.24) is 4.98 Å². The summed E-state index contributed by atoms with van der Waals surface area (Å²) in [5.41, 5.74) is -0.209. The van der Waals surface area contributed by atoms with E-state index in [2.05, 4.69) is 16.8 Å². The fourth-order valence-electron chi connectivity index (χ4n) is 0.871. The summed E-state index contributed by atoms with van der Waals surface area (Å²) in [6.07, 6.45) is 1.32. The van der Waals surface area contributed by atoms with Crippen LogP contribution in [0.15, 0.2) is 12.3 Å². The topological polar surface area (TPSA) is 50.2 Å². The highest BCUT2D eigenvalue weighted by molar-refractivity contribution is 6.18. The Labute approximate surface area is 90.9 Å². The van der Waals surface area contributed by atoms with Crippen LogP contribution in [-0.4, -0.2) is 21.9 Å². The highest BCUT2D eigenvalue weighted by atomic mass is 35.5. The van der Waals surface area contributed by atoms with E-state index in [1.54, 1.807) is 0 Å². The molecule has 0 saturated carbocycles. The van der Waals surface area contributed by atoms with Gasteiger partial charge in [-0.15, -0.1) is 11.6 Å². The summed E-state index contributed by atoms with van der Waals surface area (Å²) in [7, 11) is 0. The van der Waals surface area contributed by atoms with Crippen molar-refractivity contribution in [2.45, 2.75) is 6.42 Å². The summed E-state index contributed by atoms with van der Waals surface area (Å²) < 4.78 is 12.9. The quantitative estimate of drug-likeness (QED) is 0.620. The molecule has 0 radical (unpaired) electrons. The third-order valence-corrected chi connectivity index (χ3v) is 1.71. The summed E-state index contributed by atoms with van der Waals surface area (Å²) in [6, 6.07) is 1.10. The zero-order chi connectivity index (χ0) is 11.3. The summed E-state index contributed by atoms with van der Waals surface area (Å²) in [6.45, 7) is 0. The van der Waals surface area contributed by atoms with Crippen molar-refractivity contribution in [3.05, 3.63) is 29.3 Å². The van der Waals surface area contributed by atoms with E-state index in [1.165, 1.54) is 0 Å². The minimum Gasteiger partial charge on any atom is -0.478 e. The summed E-state index contributed by atoms with van der Waals surface area (Å²) >= 11 is 5.40. The van der Waals surface area contributed by atoms with Gasteiger partial charge in [-0.2, -0.15) is 0 Å². The number of carbonyl (C=O) groups is 1. The first-order valence-electron chi connectivity index (χ1n) is 4.09. The Morgan fingerprint density at radius 3 is 3.00 bits per heavy atom. The monoisotopic (exact) mass is 227 g/mol. The number of nitrogens with zero attached hydrogens (tertiary/aromatic N) is 1. The smallest absolute Gasteiger partial charge is 0.338 e. The molecule has 1 aromatic heterocycles. The largest absolute Gasteiger partial charge is 0.478 e. The zero-order valence-electron chi connectivity index (χ0n) is 7.63. The zero-order valence-corrected chi connectivity index (χ0v) is 8.38. The fraction of sp³-hybridized carbons (Fsp3) is 0.200. The van der Waals surface area contributed by atoms with Crippen LogP contribution in [0.4, 0.5) is 4.39 Å². The maximum absolute atomic E-state index is 12.9. The first-order chi connectivity index (χ1) is 7.15. The highest BCUT2D eigenvalue weighted by Crippen LogP contribution is 2.07. The van der Waals surface area contributed by atoms with Gasteiger partial charge in [0.05, 0.1) is 11.8 Å². The van der Waals surface area contributed by atoms with Crippen LogP contribution >= 0.6 is 11.6 Å². The van der Waals surface area contributed by atoms with Gasteiger partial charge in [0.1, 0.15) is 5.69 Å². The molecule has 0 aromatic carbocycles. The second-order valence-corrected chi connectivity index (χ2v) is 2.97. The molecule has 0 aliphatic carbocycles. The van der Waals surface area contributed by atoms with Crippen LogP contribution < -0.4 is 0 Å². The Balaban J connectivity index is 2.99. The lowest BCUT2D eigenvalue weighted by Crippen LogP contribution is -2.02. The standard InChI is InChI=1S/C10H7ClFNO2/c11-4-2-1-3-7-5-8(10(14)15)9(12)6-13-7/h5-6H,2,4H2,(H,14,15). The Morgan fingerprint density at radius 2 is 2.40 bits per heavy atom. The van der Waals surface area contributed by atoms with Crippen LogP contribution in [0.25, 0.3) is 0 Å². The molecule has 0 amide bonds. The van der Waals surface area contributed by atoms with Gasteiger partial charge in [-0.25, -0.2) is 14.2 Å². The molecule has 0 bridgehead atoms. The van der Waals surface area contributed by atoms with Crippen LogP contribution in [0.2, 0.25) is 0 Å². The van der Waals surface area contributed by atoms with Crippen LogP contribution in [0.1, 0.15) is 22.5 Å².